The maximum Gasteiger partial charge on any atom is 0.256 e. The highest BCUT2D eigenvalue weighted by molar-refractivity contribution is 5.86. The topological polar surface area (TPSA) is 55.8 Å². The quantitative estimate of drug-likeness (QED) is 0.718. The SMILES string of the molecule is O=C1N(Cc2ccc(F)c(F)c2)CCCC1(O)CNCCN1CCCC1. The van der Waals surface area contributed by atoms with Crippen LogP contribution in [0.1, 0.15) is 31.2 Å². The van der Waals surface area contributed by atoms with Crippen molar-refractivity contribution in [1.82, 2.24) is 15.1 Å². The second-order valence-corrected chi connectivity index (χ2v) is 7.34. The molecule has 0 aliphatic carbocycles. The molecule has 0 radical (unpaired) electrons. The van der Waals surface area contributed by atoms with Crippen molar-refractivity contribution in [3.63, 3.8) is 0 Å². The minimum atomic E-state index is -1.43. The van der Waals surface area contributed by atoms with Crippen LogP contribution >= 0.6 is 0 Å². The van der Waals surface area contributed by atoms with Gasteiger partial charge in [0, 0.05) is 32.7 Å². The second-order valence-electron chi connectivity index (χ2n) is 7.34. The zero-order chi connectivity index (χ0) is 18.6. The molecule has 0 aromatic heterocycles. The lowest BCUT2D eigenvalue weighted by Crippen LogP contribution is -2.58. The third-order valence-corrected chi connectivity index (χ3v) is 5.28. The van der Waals surface area contributed by atoms with Crippen LogP contribution in [0.15, 0.2) is 18.2 Å². The van der Waals surface area contributed by atoms with Gasteiger partial charge in [-0.05, 0) is 56.5 Å². The molecule has 0 spiro atoms. The molecule has 2 aliphatic rings. The van der Waals surface area contributed by atoms with Gasteiger partial charge >= 0.3 is 0 Å². The van der Waals surface area contributed by atoms with Crippen LogP contribution in [-0.4, -0.2) is 65.7 Å². The zero-order valence-corrected chi connectivity index (χ0v) is 15.0. The minimum absolute atomic E-state index is 0.173. The first-order valence-electron chi connectivity index (χ1n) is 9.37. The summed E-state index contributed by atoms with van der Waals surface area (Å²) < 4.78 is 26.4. The van der Waals surface area contributed by atoms with E-state index >= 15 is 0 Å². The number of benzene rings is 1. The average Bonchev–Trinajstić information content (AvgIpc) is 3.13. The molecule has 2 N–H and O–H groups in total. The Kier molecular flexibility index (Phi) is 6.21. The van der Waals surface area contributed by atoms with Crippen molar-refractivity contribution in [3.8, 4) is 0 Å². The van der Waals surface area contributed by atoms with E-state index in [1.54, 1.807) is 0 Å². The minimum Gasteiger partial charge on any atom is -0.379 e. The first-order valence-corrected chi connectivity index (χ1v) is 9.37. The number of halogens is 2. The van der Waals surface area contributed by atoms with Gasteiger partial charge < -0.3 is 20.2 Å². The fraction of sp³-hybridized carbons (Fsp3) is 0.632. The number of aliphatic hydroxyl groups is 1. The first kappa shape index (κ1) is 19.2. The van der Waals surface area contributed by atoms with E-state index in [4.69, 9.17) is 0 Å². The van der Waals surface area contributed by atoms with Gasteiger partial charge in [-0.15, -0.1) is 0 Å². The van der Waals surface area contributed by atoms with Crippen molar-refractivity contribution in [2.45, 2.75) is 37.8 Å². The number of hydrogen-bond acceptors (Lipinski definition) is 4. The Morgan fingerprint density at radius 2 is 1.88 bits per heavy atom. The normalized spacial score (nSPS) is 24.4. The van der Waals surface area contributed by atoms with E-state index in [1.165, 1.54) is 23.8 Å². The lowest BCUT2D eigenvalue weighted by Gasteiger charge is -2.38. The predicted octanol–water partition coefficient (Wildman–Crippen LogP) is 1.50. The lowest BCUT2D eigenvalue weighted by atomic mass is 9.91. The van der Waals surface area contributed by atoms with E-state index in [2.05, 4.69) is 10.2 Å². The Hall–Kier alpha value is -1.57. The smallest absolute Gasteiger partial charge is 0.256 e. The number of carbonyl (C=O) groups is 1. The molecule has 2 saturated heterocycles. The van der Waals surface area contributed by atoms with Crippen molar-refractivity contribution >= 4 is 5.91 Å². The third-order valence-electron chi connectivity index (χ3n) is 5.28. The number of rotatable bonds is 7. The Morgan fingerprint density at radius 3 is 2.62 bits per heavy atom. The zero-order valence-electron chi connectivity index (χ0n) is 15.0. The number of nitrogens with one attached hydrogen (secondary N) is 1. The van der Waals surface area contributed by atoms with Crippen LogP contribution in [0.5, 0.6) is 0 Å². The van der Waals surface area contributed by atoms with Crippen molar-refractivity contribution in [2.24, 2.45) is 0 Å². The summed E-state index contributed by atoms with van der Waals surface area (Å²) in [6.45, 7) is 4.79. The van der Waals surface area contributed by atoms with Crippen LogP contribution in [0.25, 0.3) is 0 Å². The van der Waals surface area contributed by atoms with E-state index in [0.717, 1.165) is 38.3 Å². The van der Waals surface area contributed by atoms with E-state index in [9.17, 15) is 18.7 Å². The molecular formula is C19H27F2N3O2. The fourth-order valence-corrected chi connectivity index (χ4v) is 3.78. The number of piperidine rings is 1. The van der Waals surface area contributed by atoms with Crippen molar-refractivity contribution in [1.29, 1.82) is 0 Å². The molecule has 0 bridgehead atoms. The summed E-state index contributed by atoms with van der Waals surface area (Å²) in [5.74, 6) is -2.18. The molecule has 144 valence electrons. The molecule has 1 aromatic rings. The Morgan fingerprint density at radius 1 is 1.12 bits per heavy atom. The van der Waals surface area contributed by atoms with Crippen molar-refractivity contribution < 1.29 is 18.7 Å². The number of hydrogen-bond donors (Lipinski definition) is 2. The fourth-order valence-electron chi connectivity index (χ4n) is 3.78. The van der Waals surface area contributed by atoms with Crippen LogP contribution in [0, 0.1) is 11.6 Å². The summed E-state index contributed by atoms with van der Waals surface area (Å²) in [6, 6.07) is 3.63. The lowest BCUT2D eigenvalue weighted by molar-refractivity contribution is -0.157. The monoisotopic (exact) mass is 367 g/mol. The Balaban J connectivity index is 1.52. The highest BCUT2D eigenvalue weighted by Crippen LogP contribution is 2.24. The molecule has 1 aromatic carbocycles. The van der Waals surface area contributed by atoms with Crippen LogP contribution in [-0.2, 0) is 11.3 Å². The van der Waals surface area contributed by atoms with Crippen molar-refractivity contribution in [2.75, 3.05) is 39.3 Å². The molecule has 26 heavy (non-hydrogen) atoms. The maximum atomic E-state index is 13.4. The largest absolute Gasteiger partial charge is 0.379 e. The molecule has 2 heterocycles. The molecule has 1 unspecified atom stereocenters. The van der Waals surface area contributed by atoms with Gasteiger partial charge in [0.1, 0.15) is 0 Å². The standard InChI is InChI=1S/C19H27F2N3O2/c20-16-5-4-15(12-17(16)21)13-24-10-3-6-19(26,18(24)25)14-22-7-11-23-8-1-2-9-23/h4-5,12,22,26H,1-3,6-11,13-14H2. The van der Waals surface area contributed by atoms with E-state index in [-0.39, 0.29) is 19.0 Å². The number of carbonyl (C=O) groups excluding carboxylic acids is 1. The van der Waals surface area contributed by atoms with Gasteiger partial charge in [-0.1, -0.05) is 6.07 Å². The van der Waals surface area contributed by atoms with Crippen LogP contribution in [0.2, 0.25) is 0 Å². The first-order chi connectivity index (χ1) is 12.5. The summed E-state index contributed by atoms with van der Waals surface area (Å²) in [5, 5.41) is 14.0. The van der Waals surface area contributed by atoms with Gasteiger partial charge in [0.2, 0.25) is 0 Å². The van der Waals surface area contributed by atoms with Gasteiger partial charge in [0.25, 0.3) is 5.91 Å². The molecule has 1 atom stereocenters. The van der Waals surface area contributed by atoms with Gasteiger partial charge in [-0.3, -0.25) is 4.79 Å². The second kappa shape index (κ2) is 8.41. The Labute approximate surface area is 153 Å². The maximum absolute atomic E-state index is 13.4. The number of likely N-dealkylation sites (tertiary alicyclic amines) is 2. The molecule has 2 fully saturated rings. The molecule has 0 saturated carbocycles. The molecule has 3 rings (SSSR count). The molecular weight excluding hydrogens is 340 g/mol. The summed E-state index contributed by atoms with van der Waals surface area (Å²) in [6.07, 6.45) is 3.57. The average molecular weight is 367 g/mol. The van der Waals surface area contributed by atoms with Crippen LogP contribution in [0.3, 0.4) is 0 Å². The van der Waals surface area contributed by atoms with Crippen LogP contribution in [0.4, 0.5) is 8.78 Å². The number of nitrogens with zero attached hydrogens (tertiary/aromatic N) is 2. The molecule has 5 nitrogen and oxygen atoms in total. The molecule has 1 amide bonds. The van der Waals surface area contributed by atoms with Crippen LogP contribution < -0.4 is 5.32 Å². The highest BCUT2D eigenvalue weighted by Gasteiger charge is 2.41. The number of amides is 1. The summed E-state index contributed by atoms with van der Waals surface area (Å²) in [4.78, 5) is 16.6. The van der Waals surface area contributed by atoms with Crippen molar-refractivity contribution in [3.05, 3.63) is 35.4 Å². The Bertz CT molecular complexity index is 637. The summed E-state index contributed by atoms with van der Waals surface area (Å²) >= 11 is 0. The highest BCUT2D eigenvalue weighted by atomic mass is 19.2. The summed E-state index contributed by atoms with van der Waals surface area (Å²) in [5.41, 5.74) is -0.912. The molecule has 2 aliphatic heterocycles. The molecule has 7 heteroatoms. The van der Waals surface area contributed by atoms with Gasteiger partial charge in [-0.2, -0.15) is 0 Å². The van der Waals surface area contributed by atoms with Gasteiger partial charge in [-0.25, -0.2) is 8.78 Å². The summed E-state index contributed by atoms with van der Waals surface area (Å²) in [7, 11) is 0. The van der Waals surface area contributed by atoms with E-state index in [0.29, 0.717) is 24.9 Å². The van der Waals surface area contributed by atoms with E-state index in [1.807, 2.05) is 0 Å². The van der Waals surface area contributed by atoms with Gasteiger partial charge in [0.15, 0.2) is 17.2 Å². The predicted molar refractivity (Wildman–Crippen MR) is 94.5 cm³/mol. The van der Waals surface area contributed by atoms with Gasteiger partial charge in [0.05, 0.1) is 0 Å². The third kappa shape index (κ3) is 4.58. The van der Waals surface area contributed by atoms with E-state index < -0.39 is 17.2 Å².